The molecule has 1 aliphatic rings. The zero-order valence-corrected chi connectivity index (χ0v) is 13.6. The van der Waals surface area contributed by atoms with Crippen LogP contribution < -0.4 is 4.74 Å². The molecule has 0 aromatic heterocycles. The van der Waals surface area contributed by atoms with E-state index in [9.17, 15) is 8.42 Å². The van der Waals surface area contributed by atoms with Crippen LogP contribution in [0.5, 0.6) is 5.75 Å². The Hall–Kier alpha value is -1.11. The van der Waals surface area contributed by atoms with Crippen molar-refractivity contribution in [3.8, 4) is 5.75 Å². The van der Waals surface area contributed by atoms with Gasteiger partial charge in [-0.2, -0.15) is 4.31 Å². The molecule has 0 bridgehead atoms. The van der Waals surface area contributed by atoms with E-state index in [2.05, 4.69) is 11.8 Å². The first-order valence-electron chi connectivity index (χ1n) is 7.44. The van der Waals surface area contributed by atoms with E-state index in [1.54, 1.807) is 35.7 Å². The van der Waals surface area contributed by atoms with E-state index in [-0.39, 0.29) is 0 Å². The molecule has 0 atom stereocenters. The monoisotopic (exact) mass is 312 g/mol. The van der Waals surface area contributed by atoms with Crippen molar-refractivity contribution in [2.24, 2.45) is 0 Å². The van der Waals surface area contributed by atoms with Gasteiger partial charge in [0.05, 0.1) is 12.0 Å². The highest BCUT2D eigenvalue weighted by molar-refractivity contribution is 7.89. The minimum atomic E-state index is -3.38. The zero-order chi connectivity index (χ0) is 15.3. The van der Waals surface area contributed by atoms with Crippen molar-refractivity contribution in [3.63, 3.8) is 0 Å². The summed E-state index contributed by atoms with van der Waals surface area (Å²) >= 11 is 0. The number of methoxy groups -OCH3 is 1. The van der Waals surface area contributed by atoms with Crippen LogP contribution in [0.25, 0.3) is 0 Å². The fourth-order valence-electron chi connectivity index (χ4n) is 2.47. The average Bonchev–Trinajstić information content (AvgIpc) is 2.53. The molecule has 1 aromatic rings. The summed E-state index contributed by atoms with van der Waals surface area (Å²) in [5, 5.41) is 0. The minimum absolute atomic E-state index is 0.338. The first kappa shape index (κ1) is 16.3. The van der Waals surface area contributed by atoms with Crippen molar-refractivity contribution in [1.82, 2.24) is 9.21 Å². The Morgan fingerprint density at radius 1 is 1.10 bits per heavy atom. The van der Waals surface area contributed by atoms with E-state index >= 15 is 0 Å². The molecule has 21 heavy (non-hydrogen) atoms. The molecular weight excluding hydrogens is 288 g/mol. The van der Waals surface area contributed by atoms with Crippen LogP contribution >= 0.6 is 0 Å². The van der Waals surface area contributed by atoms with Crippen LogP contribution in [0.15, 0.2) is 29.2 Å². The van der Waals surface area contributed by atoms with Gasteiger partial charge in [0.2, 0.25) is 10.0 Å². The molecule has 1 heterocycles. The van der Waals surface area contributed by atoms with Crippen LogP contribution in [-0.4, -0.2) is 57.5 Å². The highest BCUT2D eigenvalue weighted by atomic mass is 32.2. The number of rotatable bonds is 6. The lowest BCUT2D eigenvalue weighted by Crippen LogP contribution is -2.48. The Balaban J connectivity index is 2.00. The summed E-state index contributed by atoms with van der Waals surface area (Å²) in [4.78, 5) is 2.68. The number of sulfonamides is 1. The Labute approximate surface area is 127 Å². The van der Waals surface area contributed by atoms with Gasteiger partial charge in [-0.15, -0.1) is 0 Å². The van der Waals surface area contributed by atoms with Crippen LogP contribution in [0, 0.1) is 0 Å². The zero-order valence-electron chi connectivity index (χ0n) is 12.8. The molecule has 6 heteroatoms. The van der Waals surface area contributed by atoms with Crippen molar-refractivity contribution < 1.29 is 13.2 Å². The average molecular weight is 312 g/mol. The molecule has 2 rings (SSSR count). The third kappa shape index (κ3) is 3.96. The standard InChI is InChI=1S/C15H24N2O3S/c1-3-4-9-16-10-12-17(13-11-16)21(18,19)15-7-5-14(20-2)6-8-15/h5-8H,3-4,9-13H2,1-2H3. The molecule has 0 unspecified atom stereocenters. The van der Waals surface area contributed by atoms with Gasteiger partial charge >= 0.3 is 0 Å². The molecule has 0 radical (unpaired) electrons. The minimum Gasteiger partial charge on any atom is -0.497 e. The molecule has 0 amide bonds. The van der Waals surface area contributed by atoms with Crippen molar-refractivity contribution >= 4 is 10.0 Å². The SMILES string of the molecule is CCCCN1CCN(S(=O)(=O)c2ccc(OC)cc2)CC1. The number of hydrogen-bond acceptors (Lipinski definition) is 4. The predicted octanol–water partition coefficient (Wildman–Crippen LogP) is 1.80. The van der Waals surface area contributed by atoms with Crippen molar-refractivity contribution in [3.05, 3.63) is 24.3 Å². The molecule has 1 fully saturated rings. The van der Waals surface area contributed by atoms with E-state index in [1.807, 2.05) is 0 Å². The Bertz CT molecular complexity index is 535. The second-order valence-corrected chi connectivity index (χ2v) is 7.21. The van der Waals surface area contributed by atoms with Crippen LogP contribution in [0.4, 0.5) is 0 Å². The lowest BCUT2D eigenvalue weighted by atomic mass is 10.3. The Kier molecular flexibility index (Phi) is 5.61. The molecule has 0 aliphatic carbocycles. The normalized spacial score (nSPS) is 17.8. The number of nitrogens with zero attached hydrogens (tertiary/aromatic N) is 2. The number of hydrogen-bond donors (Lipinski definition) is 0. The summed E-state index contributed by atoms with van der Waals surface area (Å²) in [7, 11) is -1.81. The van der Waals surface area contributed by atoms with Crippen molar-refractivity contribution in [2.75, 3.05) is 39.8 Å². The van der Waals surface area contributed by atoms with Crippen LogP contribution in [-0.2, 0) is 10.0 Å². The van der Waals surface area contributed by atoms with Gasteiger partial charge in [-0.1, -0.05) is 13.3 Å². The van der Waals surface area contributed by atoms with E-state index in [1.165, 1.54) is 12.8 Å². The van der Waals surface area contributed by atoms with Gasteiger partial charge in [-0.25, -0.2) is 8.42 Å². The quantitative estimate of drug-likeness (QED) is 0.804. The van der Waals surface area contributed by atoms with Crippen molar-refractivity contribution in [2.45, 2.75) is 24.7 Å². The summed E-state index contributed by atoms with van der Waals surface area (Å²) in [6.07, 6.45) is 2.34. The molecule has 1 saturated heterocycles. The first-order chi connectivity index (χ1) is 10.1. The third-order valence-electron chi connectivity index (χ3n) is 3.86. The van der Waals surface area contributed by atoms with Crippen LogP contribution in [0.1, 0.15) is 19.8 Å². The predicted molar refractivity (Wildman–Crippen MR) is 83.1 cm³/mol. The summed E-state index contributed by atoms with van der Waals surface area (Å²) < 4.78 is 31.8. The largest absolute Gasteiger partial charge is 0.497 e. The lowest BCUT2D eigenvalue weighted by molar-refractivity contribution is 0.186. The molecule has 0 saturated carbocycles. The molecule has 5 nitrogen and oxygen atoms in total. The summed E-state index contributed by atoms with van der Waals surface area (Å²) in [6, 6.07) is 6.59. The summed E-state index contributed by atoms with van der Waals surface area (Å²) in [5.41, 5.74) is 0. The highest BCUT2D eigenvalue weighted by Gasteiger charge is 2.28. The number of ether oxygens (including phenoxy) is 1. The van der Waals surface area contributed by atoms with Gasteiger partial charge in [0, 0.05) is 26.2 Å². The number of unbranched alkanes of at least 4 members (excludes halogenated alkanes) is 1. The highest BCUT2D eigenvalue weighted by Crippen LogP contribution is 2.20. The molecule has 0 spiro atoms. The summed E-state index contributed by atoms with van der Waals surface area (Å²) in [5.74, 6) is 0.665. The van der Waals surface area contributed by atoms with Gasteiger partial charge in [0.25, 0.3) is 0 Å². The molecule has 1 aromatic carbocycles. The van der Waals surface area contributed by atoms with Gasteiger partial charge in [-0.3, -0.25) is 0 Å². The van der Waals surface area contributed by atoms with E-state index in [0.29, 0.717) is 23.7 Å². The summed E-state index contributed by atoms with van der Waals surface area (Å²) in [6.45, 7) is 6.00. The second kappa shape index (κ2) is 7.24. The first-order valence-corrected chi connectivity index (χ1v) is 8.88. The van der Waals surface area contributed by atoms with Gasteiger partial charge < -0.3 is 9.64 Å². The van der Waals surface area contributed by atoms with Gasteiger partial charge in [0.15, 0.2) is 0 Å². The Morgan fingerprint density at radius 3 is 2.24 bits per heavy atom. The van der Waals surface area contributed by atoms with Gasteiger partial charge in [0.1, 0.15) is 5.75 Å². The smallest absolute Gasteiger partial charge is 0.243 e. The van der Waals surface area contributed by atoms with E-state index < -0.39 is 10.0 Å². The fourth-order valence-corrected chi connectivity index (χ4v) is 3.89. The third-order valence-corrected chi connectivity index (χ3v) is 5.77. The lowest BCUT2D eigenvalue weighted by Gasteiger charge is -2.33. The van der Waals surface area contributed by atoms with Crippen LogP contribution in [0.2, 0.25) is 0 Å². The van der Waals surface area contributed by atoms with Crippen LogP contribution in [0.3, 0.4) is 0 Å². The molecule has 0 N–H and O–H groups in total. The maximum atomic E-state index is 12.6. The Morgan fingerprint density at radius 2 is 1.71 bits per heavy atom. The topological polar surface area (TPSA) is 49.9 Å². The fraction of sp³-hybridized carbons (Fsp3) is 0.600. The maximum absolute atomic E-state index is 12.6. The van der Waals surface area contributed by atoms with Crippen molar-refractivity contribution in [1.29, 1.82) is 0 Å². The van der Waals surface area contributed by atoms with Gasteiger partial charge in [-0.05, 0) is 37.2 Å². The number of benzene rings is 1. The molecule has 118 valence electrons. The van der Waals surface area contributed by atoms with E-state index in [4.69, 9.17) is 4.74 Å². The second-order valence-electron chi connectivity index (χ2n) is 5.27. The molecular formula is C15H24N2O3S. The molecule has 1 aliphatic heterocycles. The maximum Gasteiger partial charge on any atom is 0.243 e. The van der Waals surface area contributed by atoms with E-state index in [0.717, 1.165) is 19.6 Å². The number of piperazine rings is 1.